The fourth-order valence-electron chi connectivity index (χ4n) is 1.26. The van der Waals surface area contributed by atoms with Crippen LogP contribution in [0.2, 0.25) is 0 Å². The van der Waals surface area contributed by atoms with Gasteiger partial charge < -0.3 is 0 Å². The number of alkyl halides is 1. The largest absolute Gasteiger partial charge is 0.286 e. The maximum Gasteiger partial charge on any atom is 0.260 e. The number of nitrogens with zero attached hydrogens (tertiary/aromatic N) is 1. The maximum atomic E-state index is 11.1. The molecule has 0 saturated heterocycles. The zero-order valence-corrected chi connectivity index (χ0v) is 12.7. The fraction of sp³-hybridized carbons (Fsp3) is 0.400. The summed E-state index contributed by atoms with van der Waals surface area (Å²) in [6.07, 6.45) is 1.72. The SMILES string of the molecule is C=C(CCC)C(=O)NN(C)C.ClCc1ccccc1. The van der Waals surface area contributed by atoms with E-state index in [1.165, 1.54) is 5.56 Å². The molecule has 0 aliphatic rings. The Hall–Kier alpha value is -1.32. The normalized spacial score (nSPS) is 9.53. The number of hydrazine groups is 1. The minimum Gasteiger partial charge on any atom is -0.286 e. The summed E-state index contributed by atoms with van der Waals surface area (Å²) >= 11 is 5.53. The molecule has 0 heterocycles. The number of benzene rings is 1. The van der Waals surface area contributed by atoms with Crippen molar-refractivity contribution in [1.29, 1.82) is 0 Å². The van der Waals surface area contributed by atoms with E-state index in [0.29, 0.717) is 11.5 Å². The van der Waals surface area contributed by atoms with E-state index in [4.69, 9.17) is 11.6 Å². The second kappa shape index (κ2) is 10.6. The van der Waals surface area contributed by atoms with Crippen LogP contribution in [0.5, 0.6) is 0 Å². The topological polar surface area (TPSA) is 32.3 Å². The van der Waals surface area contributed by atoms with E-state index >= 15 is 0 Å². The molecule has 0 unspecified atom stereocenters. The molecule has 0 bridgehead atoms. The smallest absolute Gasteiger partial charge is 0.260 e. The summed E-state index contributed by atoms with van der Waals surface area (Å²) in [5.74, 6) is 0.526. The average Bonchev–Trinajstić information content (AvgIpc) is 2.40. The van der Waals surface area contributed by atoms with Gasteiger partial charge in [0, 0.05) is 25.5 Å². The van der Waals surface area contributed by atoms with Crippen molar-refractivity contribution in [3.05, 3.63) is 48.0 Å². The highest BCUT2D eigenvalue weighted by atomic mass is 35.5. The standard InChI is InChI=1S/C8H16N2O.C7H7Cl/c1-5-6-7(2)8(11)9-10(3)4;8-6-7-4-2-1-3-5-7/h2,5-6H2,1,3-4H3,(H,9,11);1-5H,6H2. The lowest BCUT2D eigenvalue weighted by Crippen LogP contribution is -2.36. The van der Waals surface area contributed by atoms with Crippen molar-refractivity contribution in [3.8, 4) is 0 Å². The molecule has 0 spiro atoms. The number of carbonyl (C=O) groups excluding carboxylic acids is 1. The van der Waals surface area contributed by atoms with E-state index in [1.54, 1.807) is 19.1 Å². The van der Waals surface area contributed by atoms with Crippen molar-refractivity contribution in [1.82, 2.24) is 10.4 Å². The van der Waals surface area contributed by atoms with Crippen LogP contribution in [0.15, 0.2) is 42.5 Å². The van der Waals surface area contributed by atoms with E-state index in [2.05, 4.69) is 12.0 Å². The molecule has 0 saturated carbocycles. The lowest BCUT2D eigenvalue weighted by atomic mass is 10.2. The zero-order chi connectivity index (χ0) is 14.7. The summed E-state index contributed by atoms with van der Waals surface area (Å²) < 4.78 is 0. The number of halogens is 1. The van der Waals surface area contributed by atoms with Gasteiger partial charge in [-0.25, -0.2) is 5.01 Å². The third-order valence-corrected chi connectivity index (χ3v) is 2.50. The lowest BCUT2D eigenvalue weighted by molar-refractivity contribution is -0.121. The van der Waals surface area contributed by atoms with Gasteiger partial charge in [-0.15, -0.1) is 11.6 Å². The van der Waals surface area contributed by atoms with E-state index in [1.807, 2.05) is 37.3 Å². The van der Waals surface area contributed by atoms with E-state index in [-0.39, 0.29) is 5.91 Å². The summed E-state index contributed by atoms with van der Waals surface area (Å²) in [7, 11) is 3.55. The van der Waals surface area contributed by atoms with Gasteiger partial charge in [0.15, 0.2) is 0 Å². The summed E-state index contributed by atoms with van der Waals surface area (Å²) in [5, 5.41) is 1.61. The Labute approximate surface area is 121 Å². The van der Waals surface area contributed by atoms with E-state index in [0.717, 1.165) is 12.8 Å². The number of nitrogens with one attached hydrogen (secondary N) is 1. The van der Waals surface area contributed by atoms with Crippen LogP contribution in [-0.2, 0) is 10.7 Å². The molecule has 4 heteroatoms. The molecular weight excluding hydrogens is 260 g/mol. The third kappa shape index (κ3) is 9.28. The lowest BCUT2D eigenvalue weighted by Gasteiger charge is -2.12. The first-order valence-electron chi connectivity index (χ1n) is 6.27. The molecular formula is C15H23ClN2O. The number of amides is 1. The molecule has 1 N–H and O–H groups in total. The maximum absolute atomic E-state index is 11.1. The van der Waals surface area contributed by atoms with Crippen LogP contribution < -0.4 is 5.43 Å². The van der Waals surface area contributed by atoms with E-state index < -0.39 is 0 Å². The van der Waals surface area contributed by atoms with Crippen molar-refractivity contribution >= 4 is 17.5 Å². The van der Waals surface area contributed by atoms with E-state index in [9.17, 15) is 4.79 Å². The van der Waals surface area contributed by atoms with Gasteiger partial charge in [-0.2, -0.15) is 0 Å². The predicted octanol–water partition coefficient (Wildman–Crippen LogP) is 3.36. The van der Waals surface area contributed by atoms with Crippen molar-refractivity contribution in [2.75, 3.05) is 14.1 Å². The second-order valence-electron chi connectivity index (χ2n) is 4.31. The Bertz CT molecular complexity index is 377. The van der Waals surface area contributed by atoms with Gasteiger partial charge in [-0.1, -0.05) is 50.3 Å². The van der Waals surface area contributed by atoms with Crippen molar-refractivity contribution in [3.63, 3.8) is 0 Å². The summed E-state index contributed by atoms with van der Waals surface area (Å²) in [6.45, 7) is 5.68. The van der Waals surface area contributed by atoms with Crippen LogP contribution in [0.25, 0.3) is 0 Å². The van der Waals surface area contributed by atoms with Crippen molar-refractivity contribution in [2.24, 2.45) is 0 Å². The van der Waals surface area contributed by atoms with Crippen molar-refractivity contribution in [2.45, 2.75) is 25.6 Å². The molecule has 3 nitrogen and oxygen atoms in total. The third-order valence-electron chi connectivity index (χ3n) is 2.20. The first-order chi connectivity index (χ1) is 9.01. The zero-order valence-electron chi connectivity index (χ0n) is 11.9. The first kappa shape index (κ1) is 17.7. The Morgan fingerprint density at radius 3 is 2.26 bits per heavy atom. The number of hydrogen-bond acceptors (Lipinski definition) is 2. The van der Waals surface area contributed by atoms with Gasteiger partial charge in [-0.3, -0.25) is 10.2 Å². The van der Waals surface area contributed by atoms with Crippen LogP contribution in [-0.4, -0.2) is 25.0 Å². The Kier molecular flexibility index (Phi) is 9.85. The molecule has 0 radical (unpaired) electrons. The summed E-state index contributed by atoms with van der Waals surface area (Å²) in [5.41, 5.74) is 4.44. The molecule has 1 aromatic carbocycles. The first-order valence-corrected chi connectivity index (χ1v) is 6.80. The summed E-state index contributed by atoms with van der Waals surface area (Å²) in [4.78, 5) is 11.1. The molecule has 0 atom stereocenters. The highest BCUT2D eigenvalue weighted by Gasteiger charge is 2.04. The molecule has 1 amide bonds. The Morgan fingerprint density at radius 2 is 1.89 bits per heavy atom. The van der Waals surface area contributed by atoms with Crippen LogP contribution >= 0.6 is 11.6 Å². The number of hydrogen-bond donors (Lipinski definition) is 1. The predicted molar refractivity (Wildman–Crippen MR) is 81.9 cm³/mol. The number of carbonyl (C=O) groups is 1. The highest BCUT2D eigenvalue weighted by Crippen LogP contribution is 2.01. The molecule has 0 fully saturated rings. The minimum atomic E-state index is -0.0862. The minimum absolute atomic E-state index is 0.0862. The van der Waals surface area contributed by atoms with Crippen LogP contribution in [0.4, 0.5) is 0 Å². The van der Waals surface area contributed by atoms with Gasteiger partial charge in [0.1, 0.15) is 0 Å². The van der Waals surface area contributed by atoms with Crippen LogP contribution in [0.3, 0.4) is 0 Å². The van der Waals surface area contributed by atoms with Gasteiger partial charge in [-0.05, 0) is 12.0 Å². The second-order valence-corrected chi connectivity index (χ2v) is 4.58. The van der Waals surface area contributed by atoms with Gasteiger partial charge in [0.25, 0.3) is 5.91 Å². The van der Waals surface area contributed by atoms with Crippen LogP contribution in [0, 0.1) is 0 Å². The molecule has 19 heavy (non-hydrogen) atoms. The average molecular weight is 283 g/mol. The number of rotatable bonds is 5. The molecule has 0 aliphatic carbocycles. The van der Waals surface area contributed by atoms with Crippen molar-refractivity contribution < 1.29 is 4.79 Å². The van der Waals surface area contributed by atoms with Crippen LogP contribution in [0.1, 0.15) is 25.3 Å². The monoisotopic (exact) mass is 282 g/mol. The Balaban J connectivity index is 0.000000356. The highest BCUT2D eigenvalue weighted by molar-refractivity contribution is 6.17. The quantitative estimate of drug-likeness (QED) is 0.510. The summed E-state index contributed by atoms with van der Waals surface area (Å²) in [6, 6.07) is 9.96. The Morgan fingerprint density at radius 1 is 1.32 bits per heavy atom. The molecule has 0 aliphatic heterocycles. The van der Waals surface area contributed by atoms with Gasteiger partial charge in [0.2, 0.25) is 0 Å². The molecule has 0 aromatic heterocycles. The molecule has 1 aromatic rings. The molecule has 106 valence electrons. The fourth-order valence-corrected chi connectivity index (χ4v) is 1.44. The van der Waals surface area contributed by atoms with Gasteiger partial charge in [0.05, 0.1) is 0 Å². The van der Waals surface area contributed by atoms with Gasteiger partial charge >= 0.3 is 0 Å². The molecule has 1 rings (SSSR count).